The van der Waals surface area contributed by atoms with E-state index in [0.29, 0.717) is 6.54 Å². The number of hydrogen-bond donors (Lipinski definition) is 0. The first-order chi connectivity index (χ1) is 9.31. The van der Waals surface area contributed by atoms with Crippen LogP contribution in [-0.2, 0) is 6.54 Å². The van der Waals surface area contributed by atoms with E-state index in [0.717, 1.165) is 24.8 Å². The summed E-state index contributed by atoms with van der Waals surface area (Å²) in [6.45, 7) is 2.80. The molecule has 1 rings (SSSR count). The molecule has 3 nitrogen and oxygen atoms in total. The molecule has 0 bridgehead atoms. The molecule has 0 spiro atoms. The van der Waals surface area contributed by atoms with Crippen molar-refractivity contribution in [2.45, 2.75) is 45.6 Å². The minimum atomic E-state index is 0.271. The van der Waals surface area contributed by atoms with Crippen molar-refractivity contribution in [2.75, 3.05) is 0 Å². The van der Waals surface area contributed by atoms with Crippen molar-refractivity contribution in [3.05, 3.63) is 41.7 Å². The van der Waals surface area contributed by atoms with Gasteiger partial charge in [0.05, 0.1) is 0 Å². The Balaban J connectivity index is 2.75. The zero-order valence-corrected chi connectivity index (χ0v) is 11.5. The van der Waals surface area contributed by atoms with Gasteiger partial charge in [-0.15, -0.1) is 0 Å². The fraction of sp³-hybridized carbons (Fsp3) is 0.438. The third kappa shape index (κ3) is 5.36. The third-order valence-electron chi connectivity index (χ3n) is 3.06. The van der Waals surface area contributed by atoms with Gasteiger partial charge in [0.2, 0.25) is 0 Å². The monoisotopic (exact) mass is 254 g/mol. The molecule has 0 unspecified atom stereocenters. The number of nitriles is 2. The molecule has 0 aliphatic rings. The predicted octanol–water partition coefficient (Wildman–Crippen LogP) is 3.29. The largest absolute Gasteiger partial charge is 0.201 e. The van der Waals surface area contributed by atoms with Crippen LogP contribution in [0.25, 0.3) is 0 Å². The maximum atomic E-state index is 9.04. The van der Waals surface area contributed by atoms with Crippen LogP contribution >= 0.6 is 0 Å². The van der Waals surface area contributed by atoms with E-state index in [9.17, 15) is 0 Å². The van der Waals surface area contributed by atoms with Gasteiger partial charge < -0.3 is 0 Å². The van der Waals surface area contributed by atoms with Crippen molar-refractivity contribution in [3.8, 4) is 12.1 Å². The van der Waals surface area contributed by atoms with Gasteiger partial charge in [-0.05, 0) is 12.8 Å². The Labute approximate surface area is 115 Å². The smallest absolute Gasteiger partial charge is 0.172 e. The molecule has 1 heterocycles. The second-order valence-electron chi connectivity index (χ2n) is 4.56. The molecule has 0 amide bonds. The fourth-order valence-corrected chi connectivity index (χ4v) is 1.99. The molecule has 0 aromatic carbocycles. The number of nitrogens with zero attached hydrogens (tertiary/aromatic N) is 3. The minimum absolute atomic E-state index is 0.271. The molecule has 0 aliphatic heterocycles. The van der Waals surface area contributed by atoms with Crippen molar-refractivity contribution in [1.29, 1.82) is 10.5 Å². The zero-order valence-electron chi connectivity index (χ0n) is 11.5. The third-order valence-corrected chi connectivity index (χ3v) is 3.06. The summed E-state index contributed by atoms with van der Waals surface area (Å²) in [6, 6.07) is 9.89. The van der Waals surface area contributed by atoms with Gasteiger partial charge in [-0.1, -0.05) is 32.3 Å². The normalized spacial score (nSPS) is 9.42. The molecule has 0 radical (unpaired) electrons. The van der Waals surface area contributed by atoms with E-state index in [4.69, 9.17) is 10.5 Å². The number of hydrogen-bond acceptors (Lipinski definition) is 2. The molecule has 0 N–H and O–H groups in total. The van der Waals surface area contributed by atoms with Crippen molar-refractivity contribution < 1.29 is 4.57 Å². The van der Waals surface area contributed by atoms with Crippen LogP contribution in [0.2, 0.25) is 0 Å². The molecule has 3 heteroatoms. The second-order valence-corrected chi connectivity index (χ2v) is 4.56. The summed E-state index contributed by atoms with van der Waals surface area (Å²) >= 11 is 0. The van der Waals surface area contributed by atoms with Crippen LogP contribution in [0.1, 0.15) is 39.0 Å². The highest BCUT2D eigenvalue weighted by Crippen LogP contribution is 2.14. The van der Waals surface area contributed by atoms with Gasteiger partial charge in [-0.3, -0.25) is 0 Å². The Hall–Kier alpha value is -2.13. The summed E-state index contributed by atoms with van der Waals surface area (Å²) in [5, 5.41) is 18.1. The van der Waals surface area contributed by atoms with Gasteiger partial charge in [0.15, 0.2) is 18.9 Å². The lowest BCUT2D eigenvalue weighted by Crippen LogP contribution is -2.33. The molecule has 19 heavy (non-hydrogen) atoms. The maximum Gasteiger partial charge on any atom is 0.172 e. The Morgan fingerprint density at radius 2 is 1.68 bits per heavy atom. The molecule has 0 saturated carbocycles. The Morgan fingerprint density at radius 1 is 1.00 bits per heavy atom. The first-order valence-corrected chi connectivity index (χ1v) is 6.78. The molecular weight excluding hydrogens is 234 g/mol. The fourth-order valence-electron chi connectivity index (χ4n) is 1.99. The number of aromatic nitrogens is 1. The van der Waals surface area contributed by atoms with Gasteiger partial charge in [-0.2, -0.15) is 10.5 Å². The standard InChI is InChI=1S/C16H20N3/c1-2-3-4-6-9-15(16(12-17)13-18)14-19-10-7-5-8-11-19/h5,7-8,10-11H,2-4,6,9,14H2,1H3/q+1. The van der Waals surface area contributed by atoms with E-state index >= 15 is 0 Å². The van der Waals surface area contributed by atoms with Crippen LogP contribution in [0.5, 0.6) is 0 Å². The lowest BCUT2D eigenvalue weighted by molar-refractivity contribution is -0.689. The van der Waals surface area contributed by atoms with Crippen LogP contribution in [0, 0.1) is 22.7 Å². The lowest BCUT2D eigenvalue weighted by Gasteiger charge is -2.04. The molecule has 1 aromatic rings. The highest BCUT2D eigenvalue weighted by Gasteiger charge is 2.11. The van der Waals surface area contributed by atoms with Gasteiger partial charge >= 0.3 is 0 Å². The summed E-state index contributed by atoms with van der Waals surface area (Å²) < 4.78 is 2.00. The van der Waals surface area contributed by atoms with Crippen molar-refractivity contribution in [1.82, 2.24) is 0 Å². The number of pyridine rings is 1. The quantitative estimate of drug-likeness (QED) is 0.426. The first-order valence-electron chi connectivity index (χ1n) is 6.78. The van der Waals surface area contributed by atoms with E-state index in [2.05, 4.69) is 6.92 Å². The van der Waals surface area contributed by atoms with E-state index in [1.54, 1.807) is 0 Å². The number of rotatable bonds is 7. The summed E-state index contributed by atoms with van der Waals surface area (Å²) in [6.07, 6.45) is 9.35. The maximum absolute atomic E-state index is 9.04. The summed E-state index contributed by atoms with van der Waals surface area (Å²) in [5.74, 6) is 0. The molecule has 0 saturated heterocycles. The number of unbranched alkanes of at least 4 members (excludes halogenated alkanes) is 3. The second kappa shape index (κ2) is 8.89. The zero-order chi connectivity index (χ0) is 13.9. The summed E-state index contributed by atoms with van der Waals surface area (Å²) in [5.41, 5.74) is 1.21. The van der Waals surface area contributed by atoms with Crippen molar-refractivity contribution in [3.63, 3.8) is 0 Å². The average Bonchev–Trinajstić information content (AvgIpc) is 2.45. The van der Waals surface area contributed by atoms with Gasteiger partial charge in [0, 0.05) is 17.7 Å². The highest BCUT2D eigenvalue weighted by molar-refractivity contribution is 5.39. The molecule has 0 atom stereocenters. The van der Waals surface area contributed by atoms with Gasteiger partial charge in [0.1, 0.15) is 17.7 Å². The number of allylic oxidation sites excluding steroid dienone is 2. The molecule has 0 fully saturated rings. The van der Waals surface area contributed by atoms with Crippen LogP contribution in [0.3, 0.4) is 0 Å². The minimum Gasteiger partial charge on any atom is -0.201 e. The highest BCUT2D eigenvalue weighted by atomic mass is 14.9. The Bertz CT molecular complexity index is 473. The topological polar surface area (TPSA) is 51.5 Å². The van der Waals surface area contributed by atoms with E-state index in [-0.39, 0.29) is 5.57 Å². The van der Waals surface area contributed by atoms with Crippen molar-refractivity contribution >= 4 is 0 Å². The van der Waals surface area contributed by atoms with Gasteiger partial charge in [-0.25, -0.2) is 4.57 Å². The predicted molar refractivity (Wildman–Crippen MR) is 73.6 cm³/mol. The summed E-state index contributed by atoms with van der Waals surface area (Å²) in [7, 11) is 0. The molecule has 1 aromatic heterocycles. The van der Waals surface area contributed by atoms with Crippen molar-refractivity contribution in [2.24, 2.45) is 0 Å². The van der Waals surface area contributed by atoms with Crippen LogP contribution in [0.15, 0.2) is 41.7 Å². The molecular formula is C16H20N3+. The molecule has 98 valence electrons. The Kier molecular flexibility index (Phi) is 6.98. The lowest BCUT2D eigenvalue weighted by atomic mass is 10.0. The van der Waals surface area contributed by atoms with Gasteiger partial charge in [0.25, 0.3) is 0 Å². The van der Waals surface area contributed by atoms with E-state index in [1.165, 1.54) is 12.8 Å². The van der Waals surface area contributed by atoms with Crippen LogP contribution in [-0.4, -0.2) is 0 Å². The first kappa shape index (κ1) is 14.9. The van der Waals surface area contributed by atoms with E-state index in [1.807, 2.05) is 47.3 Å². The average molecular weight is 254 g/mol. The van der Waals surface area contributed by atoms with Crippen LogP contribution < -0.4 is 4.57 Å². The van der Waals surface area contributed by atoms with Crippen LogP contribution in [0.4, 0.5) is 0 Å². The SMILES string of the molecule is CCCCCCC(C[n+]1ccccc1)=C(C#N)C#N. The van der Waals surface area contributed by atoms with E-state index < -0.39 is 0 Å². The molecule has 0 aliphatic carbocycles. The Morgan fingerprint density at radius 3 is 2.26 bits per heavy atom. The summed E-state index contributed by atoms with van der Waals surface area (Å²) in [4.78, 5) is 0.